The van der Waals surface area contributed by atoms with Crippen LogP contribution in [0.5, 0.6) is 5.75 Å². The molecule has 4 atom stereocenters. The molecule has 196 valence electrons. The van der Waals surface area contributed by atoms with E-state index in [-0.39, 0.29) is 42.7 Å². The van der Waals surface area contributed by atoms with Crippen LogP contribution in [-0.4, -0.2) is 59.6 Å². The Morgan fingerprint density at radius 1 is 1.08 bits per heavy atom. The highest BCUT2D eigenvalue weighted by Gasteiger charge is 2.40. The Balaban J connectivity index is 0.00000361. The number of nitrogens with two attached hydrogens (primary N) is 1. The predicted octanol–water partition coefficient (Wildman–Crippen LogP) is 4.23. The van der Waals surface area contributed by atoms with Gasteiger partial charge in [0.2, 0.25) is 5.91 Å². The maximum Gasteiger partial charge on any atom is 0.328 e. The van der Waals surface area contributed by atoms with Gasteiger partial charge in [0.15, 0.2) is 0 Å². The van der Waals surface area contributed by atoms with Gasteiger partial charge in [0, 0.05) is 25.6 Å². The van der Waals surface area contributed by atoms with Gasteiger partial charge in [0.05, 0.1) is 6.04 Å². The van der Waals surface area contributed by atoms with Crippen LogP contribution in [0.1, 0.15) is 49.3 Å². The second-order valence-electron chi connectivity index (χ2n) is 10.2. The fourth-order valence-electron chi connectivity index (χ4n) is 4.96. The van der Waals surface area contributed by atoms with Crippen LogP contribution < -0.4 is 10.5 Å². The fraction of sp³-hybridized carbons (Fsp3) is 0.500. The van der Waals surface area contributed by atoms with E-state index in [1.807, 2.05) is 42.7 Å². The van der Waals surface area contributed by atoms with Gasteiger partial charge in [-0.2, -0.15) is 0 Å². The van der Waals surface area contributed by atoms with Crippen LogP contribution in [0, 0.1) is 12.8 Å². The molecule has 2 aromatic carbocycles. The number of ether oxygens (including phenoxy) is 1. The van der Waals surface area contributed by atoms with Gasteiger partial charge in [-0.15, -0.1) is 12.4 Å². The van der Waals surface area contributed by atoms with Gasteiger partial charge in [-0.3, -0.25) is 9.69 Å². The van der Waals surface area contributed by atoms with Crippen molar-refractivity contribution in [3.63, 3.8) is 0 Å². The Kier molecular flexibility index (Phi) is 9.50. The van der Waals surface area contributed by atoms with Crippen molar-refractivity contribution < 1.29 is 18.7 Å². The number of likely N-dealkylation sites (tertiary alicyclic amines) is 2. The van der Waals surface area contributed by atoms with E-state index in [4.69, 9.17) is 10.5 Å². The van der Waals surface area contributed by atoms with E-state index >= 15 is 4.39 Å². The number of benzene rings is 2. The summed E-state index contributed by atoms with van der Waals surface area (Å²) in [6, 6.07) is 14.3. The topological polar surface area (TPSA) is 75.9 Å². The second kappa shape index (κ2) is 12.2. The highest BCUT2D eigenvalue weighted by Crippen LogP contribution is 2.34. The molecule has 0 radical (unpaired) electrons. The molecule has 6 nitrogen and oxygen atoms in total. The summed E-state index contributed by atoms with van der Waals surface area (Å²) in [6.07, 6.45) is 0.312. The minimum atomic E-state index is -1.06. The van der Waals surface area contributed by atoms with E-state index in [1.54, 1.807) is 12.1 Å². The van der Waals surface area contributed by atoms with Crippen LogP contribution in [0.3, 0.4) is 0 Å². The number of aryl methyl sites for hydroxylation is 1. The molecule has 0 aromatic heterocycles. The van der Waals surface area contributed by atoms with Gasteiger partial charge in [0.25, 0.3) is 0 Å². The van der Waals surface area contributed by atoms with Crippen LogP contribution in [0.4, 0.5) is 4.39 Å². The third-order valence-corrected chi connectivity index (χ3v) is 7.29. The van der Waals surface area contributed by atoms with E-state index in [2.05, 4.69) is 24.3 Å². The normalized spacial score (nSPS) is 23.4. The third kappa shape index (κ3) is 6.44. The fourth-order valence-corrected chi connectivity index (χ4v) is 4.96. The van der Waals surface area contributed by atoms with Crippen LogP contribution in [-0.2, 0) is 16.1 Å². The first-order valence-corrected chi connectivity index (χ1v) is 12.5. The zero-order valence-corrected chi connectivity index (χ0v) is 22.0. The Morgan fingerprint density at radius 2 is 1.75 bits per heavy atom. The zero-order chi connectivity index (χ0) is 25.1. The molecule has 0 spiro atoms. The Hall–Kier alpha value is -2.48. The summed E-state index contributed by atoms with van der Waals surface area (Å²) in [7, 11) is 0. The van der Waals surface area contributed by atoms with Crippen LogP contribution in [0.2, 0.25) is 0 Å². The Labute approximate surface area is 219 Å². The summed E-state index contributed by atoms with van der Waals surface area (Å²) in [6.45, 7) is 8.01. The number of hydrogen-bond acceptors (Lipinski definition) is 5. The minimum absolute atomic E-state index is 0. The van der Waals surface area contributed by atoms with E-state index < -0.39 is 18.2 Å². The van der Waals surface area contributed by atoms with Crippen LogP contribution >= 0.6 is 12.4 Å². The molecule has 8 heteroatoms. The number of esters is 1. The van der Waals surface area contributed by atoms with Crippen molar-refractivity contribution in [1.82, 2.24) is 9.80 Å². The number of hydrogen-bond donors (Lipinski definition) is 1. The van der Waals surface area contributed by atoms with Gasteiger partial charge >= 0.3 is 5.97 Å². The lowest BCUT2D eigenvalue weighted by Crippen LogP contribution is -2.49. The third-order valence-electron chi connectivity index (χ3n) is 7.29. The van der Waals surface area contributed by atoms with E-state index in [0.717, 1.165) is 17.5 Å². The maximum absolute atomic E-state index is 15.3. The standard InChI is InChI=1S/C28H36FN3O3.ClH/c1-18(2)26(30)28(34)35-22-10-8-21(9-11-22)23-12-14-31(17-24(23)29)25-13-15-32(27(25)33)16-20-6-4-19(3)5-7-20;/h4-11,18,23-26H,12-17,30H2,1-3H3;1H/t23-,24+,25+,26-;/m0./s1. The van der Waals surface area contributed by atoms with Gasteiger partial charge < -0.3 is 15.4 Å². The lowest BCUT2D eigenvalue weighted by molar-refractivity contribution is -0.137. The second-order valence-corrected chi connectivity index (χ2v) is 10.2. The van der Waals surface area contributed by atoms with Crippen molar-refractivity contribution in [3.05, 3.63) is 65.2 Å². The number of amides is 1. The monoisotopic (exact) mass is 517 g/mol. The molecule has 0 aliphatic carbocycles. The first-order valence-electron chi connectivity index (χ1n) is 12.5. The summed E-state index contributed by atoms with van der Waals surface area (Å²) in [5.41, 5.74) is 9.04. The molecule has 2 aliphatic heterocycles. The Bertz CT molecular complexity index is 1030. The molecular formula is C28H37ClFN3O3. The van der Waals surface area contributed by atoms with Gasteiger partial charge in [-0.05, 0) is 55.5 Å². The molecule has 2 aromatic rings. The molecule has 1 amide bonds. The molecule has 0 saturated carbocycles. The first-order chi connectivity index (χ1) is 16.7. The Morgan fingerprint density at radius 3 is 2.36 bits per heavy atom. The molecule has 2 fully saturated rings. The van der Waals surface area contributed by atoms with E-state index in [0.29, 0.717) is 31.8 Å². The van der Waals surface area contributed by atoms with Gasteiger partial charge in [0.1, 0.15) is 18.0 Å². The number of nitrogens with zero attached hydrogens (tertiary/aromatic N) is 2. The summed E-state index contributed by atoms with van der Waals surface area (Å²) in [5.74, 6) is -0.216. The van der Waals surface area contributed by atoms with Crippen molar-refractivity contribution in [2.75, 3.05) is 19.6 Å². The number of carbonyl (C=O) groups excluding carboxylic acids is 2. The molecule has 2 N–H and O–H groups in total. The van der Waals surface area contributed by atoms with Crippen LogP contribution in [0.15, 0.2) is 48.5 Å². The highest BCUT2D eigenvalue weighted by molar-refractivity contribution is 5.85. The molecule has 2 aliphatic rings. The summed E-state index contributed by atoms with van der Waals surface area (Å²) < 4.78 is 20.6. The molecule has 0 unspecified atom stereocenters. The summed E-state index contributed by atoms with van der Waals surface area (Å²) >= 11 is 0. The largest absolute Gasteiger partial charge is 0.425 e. The maximum atomic E-state index is 15.3. The lowest BCUT2D eigenvalue weighted by atomic mass is 9.87. The number of piperidine rings is 1. The van der Waals surface area contributed by atoms with Crippen molar-refractivity contribution in [1.29, 1.82) is 0 Å². The van der Waals surface area contributed by atoms with Crippen molar-refractivity contribution in [2.24, 2.45) is 11.7 Å². The zero-order valence-electron chi connectivity index (χ0n) is 21.2. The van der Waals surface area contributed by atoms with E-state index in [9.17, 15) is 9.59 Å². The summed E-state index contributed by atoms with van der Waals surface area (Å²) in [4.78, 5) is 29.0. The number of alkyl halides is 1. The van der Waals surface area contributed by atoms with Crippen LogP contribution in [0.25, 0.3) is 0 Å². The van der Waals surface area contributed by atoms with E-state index in [1.165, 1.54) is 5.56 Å². The number of rotatable bonds is 7. The quantitative estimate of drug-likeness (QED) is 0.439. The predicted molar refractivity (Wildman–Crippen MR) is 141 cm³/mol. The smallest absolute Gasteiger partial charge is 0.328 e. The van der Waals surface area contributed by atoms with Gasteiger partial charge in [-0.25, -0.2) is 9.18 Å². The summed E-state index contributed by atoms with van der Waals surface area (Å²) in [5, 5.41) is 0. The molecule has 4 rings (SSSR count). The minimum Gasteiger partial charge on any atom is -0.425 e. The molecule has 2 heterocycles. The SMILES string of the molecule is Cc1ccc(CN2CC[C@@H](N3CC[C@@H](c4ccc(OC(=O)[C@@H](N)C(C)C)cc4)[C@H](F)C3)C2=O)cc1.Cl. The lowest BCUT2D eigenvalue weighted by Gasteiger charge is -2.37. The highest BCUT2D eigenvalue weighted by atomic mass is 35.5. The number of halogens is 2. The van der Waals surface area contributed by atoms with Gasteiger partial charge in [-0.1, -0.05) is 55.8 Å². The first kappa shape index (κ1) is 28.1. The van der Waals surface area contributed by atoms with Crippen molar-refractivity contribution in [2.45, 2.75) is 64.3 Å². The molecular weight excluding hydrogens is 481 g/mol. The van der Waals surface area contributed by atoms with Crippen molar-refractivity contribution >= 4 is 24.3 Å². The average Bonchev–Trinajstić information content (AvgIpc) is 3.20. The average molecular weight is 518 g/mol. The molecule has 36 heavy (non-hydrogen) atoms. The van der Waals surface area contributed by atoms with Crippen molar-refractivity contribution in [3.8, 4) is 5.75 Å². The molecule has 0 bridgehead atoms. The number of carbonyl (C=O) groups is 2. The molecule has 2 saturated heterocycles.